The molecule has 0 aromatic heterocycles. The van der Waals surface area contributed by atoms with Gasteiger partial charge in [-0.15, -0.1) is 0 Å². The Hall–Kier alpha value is -3.68. The monoisotopic (exact) mass is 969 g/mol. The molecule has 3 rings (SSSR count). The first-order valence-electron chi connectivity index (χ1n) is 23.3. The molecule has 2 fully saturated rings. The van der Waals surface area contributed by atoms with E-state index in [0.717, 1.165) is 0 Å². The van der Waals surface area contributed by atoms with E-state index in [1.54, 1.807) is 73.8 Å². The number of aliphatic hydroxyl groups is 12. The molecule has 0 saturated carbocycles. The topological polar surface area (TPSA) is 338 Å². The molecule has 14 N–H and O–H groups in total. The van der Waals surface area contributed by atoms with Gasteiger partial charge in [-0.05, 0) is 26.2 Å². The highest BCUT2D eigenvalue weighted by atomic mass is 16.7. The SMILES string of the molecule is C[C@H]1C[C@H](O)[C@@H](C)/C=C/C=C/C=C/C=C/C=C/C=C/C=C/[C@H](O[C@@H]2OC[C@@H](O)C[C@@H]2O)C[C@@H]2O[C@](O)(C[C@@H](O)C[C@@H](O)[C@H](O)CC[C@@H](O)C[C@@H](O)CC(=O)O1)C[C@H](O)[C@H]2NC(=O)NC[C@H](O)CO. The molecule has 386 valence electrons. The van der Waals surface area contributed by atoms with Crippen LogP contribution in [-0.2, 0) is 23.7 Å². The minimum atomic E-state index is -2.28. The molecule has 20 heteroatoms. The number of urea groups is 1. The molecular weight excluding hydrogens is 893 g/mol. The maximum absolute atomic E-state index is 12.9. The number of hydrogen-bond donors (Lipinski definition) is 14. The fourth-order valence-corrected chi connectivity index (χ4v) is 7.81. The van der Waals surface area contributed by atoms with Crippen molar-refractivity contribution in [2.75, 3.05) is 19.8 Å². The number of fused-ring (bicyclic) bond motifs is 2. The van der Waals surface area contributed by atoms with Gasteiger partial charge in [-0.3, -0.25) is 4.79 Å². The van der Waals surface area contributed by atoms with E-state index in [4.69, 9.17) is 18.9 Å². The zero-order valence-corrected chi connectivity index (χ0v) is 38.8. The number of cyclic esters (lactones) is 1. The molecule has 17 atom stereocenters. The van der Waals surface area contributed by atoms with Crippen LogP contribution in [-0.4, -0.2) is 191 Å². The number of rotatable bonds is 6. The highest BCUT2D eigenvalue weighted by Gasteiger charge is 2.48. The average molecular weight is 969 g/mol. The van der Waals surface area contributed by atoms with Crippen molar-refractivity contribution < 1.29 is 89.8 Å². The fraction of sp³-hybridized carbons (Fsp3) is 0.667. The average Bonchev–Trinajstić information content (AvgIpc) is 3.25. The van der Waals surface area contributed by atoms with Crippen LogP contribution in [0.3, 0.4) is 0 Å². The predicted octanol–water partition coefficient (Wildman–Crippen LogP) is -0.540. The van der Waals surface area contributed by atoms with Crippen LogP contribution in [0, 0.1) is 5.92 Å². The van der Waals surface area contributed by atoms with Crippen LogP contribution in [0.15, 0.2) is 85.1 Å². The second-order valence-corrected chi connectivity index (χ2v) is 17.9. The second-order valence-electron chi connectivity index (χ2n) is 17.9. The minimum Gasteiger partial charge on any atom is -0.462 e. The second kappa shape index (κ2) is 30.8. The summed E-state index contributed by atoms with van der Waals surface area (Å²) >= 11 is 0. The molecule has 20 nitrogen and oxygen atoms in total. The maximum atomic E-state index is 12.9. The first-order chi connectivity index (χ1) is 32.3. The number of nitrogens with one attached hydrogen (secondary N) is 2. The van der Waals surface area contributed by atoms with Gasteiger partial charge in [0, 0.05) is 51.0 Å². The molecule has 0 radical (unpaired) electrons. The molecule has 3 heterocycles. The Balaban J connectivity index is 1.88. The van der Waals surface area contributed by atoms with E-state index in [0.29, 0.717) is 0 Å². The van der Waals surface area contributed by atoms with Crippen molar-refractivity contribution in [2.45, 2.75) is 176 Å². The summed E-state index contributed by atoms with van der Waals surface area (Å²) < 4.78 is 23.2. The lowest BCUT2D eigenvalue weighted by atomic mass is 9.87. The van der Waals surface area contributed by atoms with Gasteiger partial charge in [0.1, 0.15) is 12.2 Å². The van der Waals surface area contributed by atoms with E-state index in [2.05, 4.69) is 10.6 Å². The highest BCUT2D eigenvalue weighted by molar-refractivity contribution is 5.74. The lowest BCUT2D eigenvalue weighted by Crippen LogP contribution is -2.63. The zero-order valence-electron chi connectivity index (χ0n) is 38.8. The van der Waals surface area contributed by atoms with Crippen LogP contribution in [0.1, 0.15) is 78.1 Å². The number of carbonyl (C=O) groups excluding carboxylic acids is 2. The Bertz CT molecular complexity index is 1690. The van der Waals surface area contributed by atoms with Gasteiger partial charge in [-0.1, -0.05) is 92.0 Å². The molecule has 3 aliphatic rings. The molecule has 2 saturated heterocycles. The van der Waals surface area contributed by atoms with Crippen molar-refractivity contribution in [3.63, 3.8) is 0 Å². The predicted molar refractivity (Wildman–Crippen MR) is 247 cm³/mol. The Morgan fingerprint density at radius 1 is 0.706 bits per heavy atom. The summed E-state index contributed by atoms with van der Waals surface area (Å²) in [5.41, 5.74) is 0. The number of hydrogen-bond acceptors (Lipinski definition) is 18. The van der Waals surface area contributed by atoms with Gasteiger partial charge in [0.15, 0.2) is 12.1 Å². The van der Waals surface area contributed by atoms with Gasteiger partial charge < -0.3 is 90.9 Å². The quantitative estimate of drug-likeness (QED) is 0.149. The first-order valence-corrected chi connectivity index (χ1v) is 23.3. The molecule has 0 aromatic rings. The van der Waals surface area contributed by atoms with Crippen molar-refractivity contribution >= 4 is 12.0 Å². The van der Waals surface area contributed by atoms with Gasteiger partial charge in [0.05, 0.1) is 92.8 Å². The van der Waals surface area contributed by atoms with Gasteiger partial charge in [0.25, 0.3) is 0 Å². The number of esters is 1. The van der Waals surface area contributed by atoms with E-state index in [1.165, 1.54) is 0 Å². The van der Waals surface area contributed by atoms with E-state index in [1.807, 2.05) is 25.2 Å². The van der Waals surface area contributed by atoms with Gasteiger partial charge in [-0.25, -0.2) is 4.79 Å². The summed E-state index contributed by atoms with van der Waals surface area (Å²) in [6.07, 6.45) is 4.80. The van der Waals surface area contributed by atoms with Crippen molar-refractivity contribution in [1.29, 1.82) is 0 Å². The highest BCUT2D eigenvalue weighted by Crippen LogP contribution is 2.35. The first kappa shape index (κ1) is 58.6. The summed E-state index contributed by atoms with van der Waals surface area (Å²) in [4.78, 5) is 25.5. The molecule has 2 bridgehead atoms. The normalized spacial score (nSPS) is 41.1. The van der Waals surface area contributed by atoms with Crippen LogP contribution < -0.4 is 10.6 Å². The van der Waals surface area contributed by atoms with Crippen molar-refractivity contribution in [3.8, 4) is 0 Å². The number of ether oxygens (including phenoxy) is 4. The van der Waals surface area contributed by atoms with E-state index >= 15 is 0 Å². The van der Waals surface area contributed by atoms with Crippen molar-refractivity contribution in [3.05, 3.63) is 85.1 Å². The third kappa shape index (κ3) is 22.8. The largest absolute Gasteiger partial charge is 0.462 e. The molecule has 68 heavy (non-hydrogen) atoms. The van der Waals surface area contributed by atoms with Crippen molar-refractivity contribution in [2.24, 2.45) is 5.92 Å². The summed E-state index contributed by atoms with van der Waals surface area (Å²) in [6, 6.07) is -2.11. The molecular formula is C48H76N2O18. The van der Waals surface area contributed by atoms with Gasteiger partial charge in [-0.2, -0.15) is 0 Å². The zero-order chi connectivity index (χ0) is 50.2. The van der Waals surface area contributed by atoms with Crippen molar-refractivity contribution in [1.82, 2.24) is 10.6 Å². The Morgan fingerprint density at radius 2 is 1.31 bits per heavy atom. The Morgan fingerprint density at radius 3 is 1.93 bits per heavy atom. The Labute approximate surface area is 397 Å². The van der Waals surface area contributed by atoms with Crippen LogP contribution in [0.5, 0.6) is 0 Å². The molecule has 2 amide bonds. The van der Waals surface area contributed by atoms with E-state index in [9.17, 15) is 70.9 Å². The van der Waals surface area contributed by atoms with Crippen LogP contribution in [0.25, 0.3) is 0 Å². The minimum absolute atomic E-state index is 0.0475. The fourth-order valence-electron chi connectivity index (χ4n) is 7.81. The number of aliphatic hydroxyl groups excluding tert-OH is 11. The molecule has 0 unspecified atom stereocenters. The standard InChI is InChI=1S/C48H76N2O18/c1-30-15-13-11-9-7-5-3-4-6-8-10-12-14-16-37(67-46-41(60)22-35(55)29-65-46)24-43-45(50-47(63)49-27-36(56)28-51)42(61)26-48(64,68-43)25-34(54)21-40(59)38(57)18-17-32(52)20-33(53)23-44(62)66-31(2)19-39(30)58/h3-16,30-43,45-46,51-61,64H,17-29H2,1-2H3,(H2,49,50,63)/b4-3+,7-5+,8-6+,11-9+,12-10+,15-13+,16-14+/t30-,31-,32+,33+,34-,35-,36-,37-,38+,39-,40+,41-,42-,43-,45+,46-,48+/m0/s1. The van der Waals surface area contributed by atoms with Crippen LogP contribution in [0.4, 0.5) is 4.79 Å². The third-order valence-corrected chi connectivity index (χ3v) is 11.5. The van der Waals surface area contributed by atoms with Gasteiger partial charge >= 0.3 is 12.0 Å². The molecule has 0 aromatic carbocycles. The summed E-state index contributed by atoms with van der Waals surface area (Å²) in [5.74, 6) is -3.27. The smallest absolute Gasteiger partial charge is 0.315 e. The lowest BCUT2D eigenvalue weighted by Gasteiger charge is -2.46. The van der Waals surface area contributed by atoms with Crippen LogP contribution >= 0.6 is 0 Å². The van der Waals surface area contributed by atoms with Gasteiger partial charge in [0.2, 0.25) is 0 Å². The molecule has 0 aliphatic carbocycles. The number of carbonyl (C=O) groups is 2. The summed E-state index contributed by atoms with van der Waals surface area (Å²) in [6.45, 7) is 2.33. The maximum Gasteiger partial charge on any atom is 0.315 e. The summed E-state index contributed by atoms with van der Waals surface area (Å²) in [5, 5.41) is 132. The molecule has 3 aliphatic heterocycles. The number of amides is 2. The lowest BCUT2D eigenvalue weighted by molar-refractivity contribution is -0.298. The number of allylic oxidation sites excluding steroid dienone is 12. The van der Waals surface area contributed by atoms with Crippen LogP contribution in [0.2, 0.25) is 0 Å². The molecule has 0 spiro atoms. The van der Waals surface area contributed by atoms with E-state index < -0.39 is 142 Å². The van der Waals surface area contributed by atoms with E-state index in [-0.39, 0.29) is 57.6 Å². The Kier molecular flexibility index (Phi) is 26.6. The summed E-state index contributed by atoms with van der Waals surface area (Å²) in [7, 11) is 0. The third-order valence-electron chi connectivity index (χ3n) is 11.5.